The molecule has 8 heteroatoms. The van der Waals surface area contributed by atoms with Crippen LogP contribution in [0.2, 0.25) is 15.1 Å². The van der Waals surface area contributed by atoms with E-state index in [-0.39, 0.29) is 12.4 Å². The van der Waals surface area contributed by atoms with E-state index in [1.165, 1.54) is 11.3 Å². The second-order valence-electron chi connectivity index (χ2n) is 4.86. The second-order valence-corrected chi connectivity index (χ2v) is 6.95. The Morgan fingerprint density at radius 3 is 2.36 bits per heavy atom. The fourth-order valence-corrected chi connectivity index (χ4v) is 3.32. The standard InChI is InChI=1S/C17H12Cl3N3S.ClH/c1-21-17-23(22-9-11-2-5-13(18)6-3-11)16(10-24-17)12-4-7-14(19)15(20)8-12;/h2-10H,1H3;1H/b21-17?,22-9+;. The van der Waals surface area contributed by atoms with Gasteiger partial charge in [-0.1, -0.05) is 53.0 Å². The topological polar surface area (TPSA) is 29.6 Å². The smallest absolute Gasteiger partial charge is 0.205 e. The summed E-state index contributed by atoms with van der Waals surface area (Å²) in [6.45, 7) is 0. The van der Waals surface area contributed by atoms with Crippen molar-refractivity contribution in [3.63, 3.8) is 0 Å². The van der Waals surface area contributed by atoms with Crippen LogP contribution in [0.25, 0.3) is 11.3 Å². The molecule has 0 atom stereocenters. The minimum Gasteiger partial charge on any atom is -0.261 e. The lowest BCUT2D eigenvalue weighted by molar-refractivity contribution is 0.848. The average molecular weight is 433 g/mol. The Labute approximate surface area is 170 Å². The van der Waals surface area contributed by atoms with Crippen LogP contribution in [0.1, 0.15) is 5.56 Å². The van der Waals surface area contributed by atoms with Gasteiger partial charge in [-0.25, -0.2) is 4.68 Å². The van der Waals surface area contributed by atoms with Crippen molar-refractivity contribution in [2.24, 2.45) is 10.1 Å². The van der Waals surface area contributed by atoms with Crippen molar-refractivity contribution in [2.75, 3.05) is 7.05 Å². The van der Waals surface area contributed by atoms with Crippen molar-refractivity contribution >= 4 is 64.8 Å². The largest absolute Gasteiger partial charge is 0.261 e. The van der Waals surface area contributed by atoms with Crippen molar-refractivity contribution in [1.29, 1.82) is 0 Å². The van der Waals surface area contributed by atoms with Gasteiger partial charge in [0.1, 0.15) is 0 Å². The fourth-order valence-electron chi connectivity index (χ4n) is 2.09. The van der Waals surface area contributed by atoms with Gasteiger partial charge in [0.15, 0.2) is 0 Å². The molecule has 0 unspecified atom stereocenters. The predicted octanol–water partition coefficient (Wildman–Crippen LogP) is 6.01. The lowest BCUT2D eigenvalue weighted by atomic mass is 10.2. The normalized spacial score (nSPS) is 11.8. The molecule has 0 aliphatic rings. The van der Waals surface area contributed by atoms with E-state index in [1.54, 1.807) is 24.0 Å². The summed E-state index contributed by atoms with van der Waals surface area (Å²) in [5, 5.41) is 8.26. The first-order valence-electron chi connectivity index (χ1n) is 6.97. The van der Waals surface area contributed by atoms with Gasteiger partial charge in [0.2, 0.25) is 4.80 Å². The lowest BCUT2D eigenvalue weighted by Crippen LogP contribution is -2.11. The molecule has 0 aliphatic carbocycles. The van der Waals surface area contributed by atoms with E-state index < -0.39 is 0 Å². The Hall–Kier alpha value is -1.30. The highest BCUT2D eigenvalue weighted by atomic mass is 35.5. The maximum absolute atomic E-state index is 6.13. The highest BCUT2D eigenvalue weighted by Gasteiger charge is 2.09. The van der Waals surface area contributed by atoms with Gasteiger partial charge in [-0.3, -0.25) is 4.99 Å². The molecule has 3 nitrogen and oxygen atoms in total. The quantitative estimate of drug-likeness (QED) is 0.453. The number of halogens is 4. The van der Waals surface area contributed by atoms with Crippen molar-refractivity contribution in [1.82, 2.24) is 4.68 Å². The van der Waals surface area contributed by atoms with Crippen LogP contribution in [-0.2, 0) is 0 Å². The molecule has 0 spiro atoms. The molecule has 25 heavy (non-hydrogen) atoms. The molecule has 130 valence electrons. The Morgan fingerprint density at radius 1 is 1.00 bits per heavy atom. The van der Waals surface area contributed by atoms with Gasteiger partial charge in [0.25, 0.3) is 0 Å². The first-order valence-corrected chi connectivity index (χ1v) is 8.98. The van der Waals surface area contributed by atoms with Crippen LogP contribution >= 0.6 is 58.5 Å². The summed E-state index contributed by atoms with van der Waals surface area (Å²) in [5.41, 5.74) is 2.76. The van der Waals surface area contributed by atoms with E-state index >= 15 is 0 Å². The summed E-state index contributed by atoms with van der Waals surface area (Å²) in [5.74, 6) is 0. The van der Waals surface area contributed by atoms with Crippen LogP contribution in [0, 0.1) is 0 Å². The molecule has 3 rings (SSSR count). The number of hydrogen-bond acceptors (Lipinski definition) is 3. The van der Waals surface area contributed by atoms with Crippen molar-refractivity contribution in [3.05, 3.63) is 73.3 Å². The lowest BCUT2D eigenvalue weighted by Gasteiger charge is -2.05. The molecule has 1 aromatic heterocycles. The Morgan fingerprint density at radius 2 is 1.72 bits per heavy atom. The molecule has 0 amide bonds. The van der Waals surface area contributed by atoms with E-state index in [9.17, 15) is 0 Å². The molecule has 0 saturated heterocycles. The third-order valence-corrected chi connectivity index (χ3v) is 5.18. The highest BCUT2D eigenvalue weighted by molar-refractivity contribution is 7.07. The summed E-state index contributed by atoms with van der Waals surface area (Å²) in [4.78, 5) is 5.05. The SMILES string of the molecule is CN=c1scc(-c2ccc(Cl)c(Cl)c2)n1/N=C/c1ccc(Cl)cc1.Cl. The van der Waals surface area contributed by atoms with Gasteiger partial charge in [-0.15, -0.1) is 23.7 Å². The minimum absolute atomic E-state index is 0. The number of benzene rings is 2. The molecule has 0 N–H and O–H groups in total. The molecule has 1 heterocycles. The molecular formula is C17H13Cl4N3S. The highest BCUT2D eigenvalue weighted by Crippen LogP contribution is 2.28. The average Bonchev–Trinajstić information content (AvgIpc) is 3.00. The van der Waals surface area contributed by atoms with Gasteiger partial charge in [-0.2, -0.15) is 5.10 Å². The third kappa shape index (κ3) is 4.66. The molecule has 2 aromatic carbocycles. The van der Waals surface area contributed by atoms with E-state index in [4.69, 9.17) is 34.8 Å². The number of nitrogens with zero attached hydrogens (tertiary/aromatic N) is 3. The maximum atomic E-state index is 6.13. The van der Waals surface area contributed by atoms with Crippen LogP contribution in [-0.4, -0.2) is 17.9 Å². The molecular weight excluding hydrogens is 420 g/mol. The number of rotatable bonds is 3. The Kier molecular flexibility index (Phi) is 7.11. The van der Waals surface area contributed by atoms with Crippen LogP contribution in [0.5, 0.6) is 0 Å². The van der Waals surface area contributed by atoms with Gasteiger partial charge in [-0.05, 0) is 29.8 Å². The molecule has 0 radical (unpaired) electrons. The van der Waals surface area contributed by atoms with Crippen molar-refractivity contribution in [3.8, 4) is 11.3 Å². The van der Waals surface area contributed by atoms with Gasteiger partial charge in [0.05, 0.1) is 22.0 Å². The molecule has 0 fully saturated rings. The zero-order valence-electron chi connectivity index (χ0n) is 13.0. The van der Waals surface area contributed by atoms with Gasteiger partial charge in [0, 0.05) is 23.0 Å². The monoisotopic (exact) mass is 431 g/mol. The zero-order chi connectivity index (χ0) is 17.1. The Bertz CT molecular complexity index is 959. The first kappa shape index (κ1) is 20.0. The van der Waals surface area contributed by atoms with E-state index in [1.807, 2.05) is 41.8 Å². The molecule has 0 bridgehead atoms. The number of hydrogen-bond donors (Lipinski definition) is 0. The summed E-state index contributed by atoms with van der Waals surface area (Å²) < 4.78 is 1.78. The molecule has 0 aliphatic heterocycles. The summed E-state index contributed by atoms with van der Waals surface area (Å²) in [6, 6.07) is 13.0. The summed E-state index contributed by atoms with van der Waals surface area (Å²) in [6.07, 6.45) is 1.76. The van der Waals surface area contributed by atoms with Gasteiger partial charge < -0.3 is 0 Å². The van der Waals surface area contributed by atoms with Crippen LogP contribution in [0.3, 0.4) is 0 Å². The first-order chi connectivity index (χ1) is 11.6. The van der Waals surface area contributed by atoms with Crippen molar-refractivity contribution < 1.29 is 0 Å². The summed E-state index contributed by atoms with van der Waals surface area (Å²) >= 11 is 19.5. The van der Waals surface area contributed by atoms with E-state index in [0.29, 0.717) is 15.1 Å². The van der Waals surface area contributed by atoms with Crippen molar-refractivity contribution in [2.45, 2.75) is 0 Å². The number of aromatic nitrogens is 1. The fraction of sp³-hybridized carbons (Fsp3) is 0.0588. The van der Waals surface area contributed by atoms with Crippen LogP contribution in [0.4, 0.5) is 0 Å². The van der Waals surface area contributed by atoms with Gasteiger partial charge >= 0.3 is 0 Å². The molecule has 0 saturated carbocycles. The summed E-state index contributed by atoms with van der Waals surface area (Å²) in [7, 11) is 1.73. The van der Waals surface area contributed by atoms with E-state index in [2.05, 4.69) is 10.1 Å². The van der Waals surface area contributed by atoms with E-state index in [0.717, 1.165) is 21.6 Å². The van der Waals surface area contributed by atoms with Crippen LogP contribution < -0.4 is 4.80 Å². The predicted molar refractivity (Wildman–Crippen MR) is 111 cm³/mol. The maximum Gasteiger partial charge on any atom is 0.205 e. The second kappa shape index (κ2) is 8.88. The zero-order valence-corrected chi connectivity index (χ0v) is 16.9. The Balaban J connectivity index is 0.00000225. The molecule has 3 aromatic rings. The number of thiazole rings is 1. The minimum atomic E-state index is 0. The van der Waals surface area contributed by atoms with Crippen LogP contribution in [0.15, 0.2) is 57.9 Å². The third-order valence-electron chi connectivity index (χ3n) is 3.28.